The van der Waals surface area contributed by atoms with Crippen LogP contribution in [-0.4, -0.2) is 61.7 Å². The highest BCUT2D eigenvalue weighted by Crippen LogP contribution is 2.39. The molecule has 1 amide bonds. The van der Waals surface area contributed by atoms with Gasteiger partial charge in [0.05, 0.1) is 24.2 Å². The minimum Gasteiger partial charge on any atom is -0.454 e. The maximum Gasteiger partial charge on any atom is 0.259 e. The van der Waals surface area contributed by atoms with Crippen molar-refractivity contribution in [1.29, 1.82) is 0 Å². The highest BCUT2D eigenvalue weighted by Gasteiger charge is 2.21. The van der Waals surface area contributed by atoms with Gasteiger partial charge in [-0.2, -0.15) is 0 Å². The lowest BCUT2D eigenvalue weighted by Crippen LogP contribution is -2.33. The summed E-state index contributed by atoms with van der Waals surface area (Å²) in [7, 11) is 5.02. The molecule has 4 heterocycles. The summed E-state index contributed by atoms with van der Waals surface area (Å²) in [5.41, 5.74) is 2.08. The number of carbonyl (C=O) groups is 1. The van der Waals surface area contributed by atoms with Gasteiger partial charge in [-0.05, 0) is 64.1 Å². The van der Waals surface area contributed by atoms with Gasteiger partial charge in [-0.1, -0.05) is 16.9 Å². The standard InChI is InChI=1S/C31H30N4O6S2/c1-34(29(38)6-4-10-42-43-28-5-2-3-7-32-28)8-9-35-30-23-13-26-27(41-18-40-26)14-25(23)33-15-24(30)21-11-19(16-36)20(17-37)12-22(21)31(35)39/h2-3,5,7,11-15,36-37H,4,6,8-10,16-18H2,1H3. The number of rotatable bonds is 11. The van der Waals surface area contributed by atoms with Crippen LogP contribution in [0, 0.1) is 0 Å². The van der Waals surface area contributed by atoms with Crippen LogP contribution in [0.5, 0.6) is 11.5 Å². The van der Waals surface area contributed by atoms with Gasteiger partial charge in [-0.15, -0.1) is 0 Å². The Morgan fingerprint density at radius 2 is 1.77 bits per heavy atom. The van der Waals surface area contributed by atoms with Crippen molar-refractivity contribution in [3.63, 3.8) is 0 Å². The van der Waals surface area contributed by atoms with E-state index in [0.717, 1.165) is 22.6 Å². The summed E-state index contributed by atoms with van der Waals surface area (Å²) in [5, 5.41) is 23.3. The van der Waals surface area contributed by atoms with Gasteiger partial charge in [-0.25, -0.2) is 4.98 Å². The number of ether oxygens (including phenoxy) is 2. The Morgan fingerprint density at radius 1 is 1.00 bits per heavy atom. The predicted octanol–water partition coefficient (Wildman–Crippen LogP) is 4.49. The van der Waals surface area contributed by atoms with Crippen molar-refractivity contribution in [3.05, 3.63) is 76.3 Å². The average Bonchev–Trinajstić information content (AvgIpc) is 3.50. The summed E-state index contributed by atoms with van der Waals surface area (Å²) >= 11 is 0. The molecule has 0 atom stereocenters. The van der Waals surface area contributed by atoms with Crippen molar-refractivity contribution in [2.75, 3.05) is 26.1 Å². The highest BCUT2D eigenvalue weighted by molar-refractivity contribution is 8.76. The molecular weight excluding hydrogens is 588 g/mol. The van der Waals surface area contributed by atoms with Crippen LogP contribution in [-0.2, 0) is 24.6 Å². The Morgan fingerprint density at radius 3 is 2.51 bits per heavy atom. The predicted molar refractivity (Wildman–Crippen MR) is 168 cm³/mol. The van der Waals surface area contributed by atoms with Crippen LogP contribution in [0.4, 0.5) is 0 Å². The number of hydrogen-bond acceptors (Lipinski definition) is 10. The van der Waals surface area contributed by atoms with E-state index in [4.69, 9.17) is 9.47 Å². The molecule has 1 aliphatic rings. The Kier molecular flexibility index (Phi) is 8.70. The van der Waals surface area contributed by atoms with Gasteiger partial charge in [0.1, 0.15) is 5.03 Å². The lowest BCUT2D eigenvalue weighted by Gasteiger charge is -2.21. The summed E-state index contributed by atoms with van der Waals surface area (Å²) in [6.45, 7) is 0.102. The van der Waals surface area contributed by atoms with Crippen molar-refractivity contribution in [3.8, 4) is 11.5 Å². The molecule has 3 aromatic heterocycles. The number of likely N-dealkylation sites (N-methyl/N-ethyl adjacent to an activating group) is 1. The first-order valence-corrected chi connectivity index (χ1v) is 16.2. The third-order valence-electron chi connectivity index (χ3n) is 7.54. The molecule has 0 radical (unpaired) electrons. The summed E-state index contributed by atoms with van der Waals surface area (Å²) in [5.74, 6) is 1.98. The first kappa shape index (κ1) is 29.2. The van der Waals surface area contributed by atoms with Crippen LogP contribution in [0.3, 0.4) is 0 Å². The number of fused-ring (bicyclic) bond motifs is 6. The largest absolute Gasteiger partial charge is 0.454 e. The number of aliphatic hydroxyl groups is 2. The number of carbonyl (C=O) groups excluding carboxylic acids is 1. The van der Waals surface area contributed by atoms with Crippen LogP contribution in [0.15, 0.2) is 64.7 Å². The first-order chi connectivity index (χ1) is 21.0. The number of pyridine rings is 3. The van der Waals surface area contributed by atoms with E-state index in [0.29, 0.717) is 62.8 Å². The van der Waals surface area contributed by atoms with Crippen LogP contribution < -0.4 is 15.0 Å². The smallest absolute Gasteiger partial charge is 0.259 e. The van der Waals surface area contributed by atoms with E-state index in [1.807, 2.05) is 24.3 Å². The van der Waals surface area contributed by atoms with Crippen LogP contribution in [0.2, 0.25) is 0 Å². The number of aromatic nitrogens is 3. The zero-order valence-electron chi connectivity index (χ0n) is 23.5. The number of amides is 1. The molecule has 0 unspecified atom stereocenters. The molecule has 2 N–H and O–H groups in total. The van der Waals surface area contributed by atoms with E-state index in [2.05, 4.69) is 9.97 Å². The third-order valence-corrected chi connectivity index (χ3v) is 9.89. The highest BCUT2D eigenvalue weighted by atomic mass is 33.1. The van der Waals surface area contributed by atoms with E-state index in [-0.39, 0.29) is 38.0 Å². The Hall–Kier alpha value is -3.84. The number of benzene rings is 2. The summed E-state index contributed by atoms with van der Waals surface area (Å²) in [6, 6.07) is 12.8. The van der Waals surface area contributed by atoms with Gasteiger partial charge in [0.2, 0.25) is 12.7 Å². The van der Waals surface area contributed by atoms with Crippen LogP contribution in [0.25, 0.3) is 32.6 Å². The fraction of sp³-hybridized carbons (Fsp3) is 0.290. The molecule has 222 valence electrons. The fourth-order valence-electron chi connectivity index (χ4n) is 5.25. The molecule has 12 heteroatoms. The monoisotopic (exact) mass is 618 g/mol. The van der Waals surface area contributed by atoms with Gasteiger partial charge >= 0.3 is 0 Å². The fourth-order valence-corrected chi connectivity index (χ4v) is 7.21. The molecule has 0 aliphatic carbocycles. The Labute approximate surface area is 255 Å². The van der Waals surface area contributed by atoms with Crippen molar-refractivity contribution in [2.45, 2.75) is 37.6 Å². The molecule has 0 saturated carbocycles. The molecule has 0 fully saturated rings. The SMILES string of the molecule is CN(CCn1c(=O)c2cc(CO)c(CO)cc2c2cnc3cc4c(cc3c21)OCO4)C(=O)CCCSSc1ccccn1. The lowest BCUT2D eigenvalue weighted by molar-refractivity contribution is -0.130. The maximum atomic E-state index is 14.1. The van der Waals surface area contributed by atoms with Crippen molar-refractivity contribution in [2.24, 2.45) is 0 Å². The van der Waals surface area contributed by atoms with Crippen molar-refractivity contribution in [1.82, 2.24) is 19.4 Å². The van der Waals surface area contributed by atoms with Gasteiger partial charge in [0.25, 0.3) is 5.56 Å². The normalized spacial score (nSPS) is 12.4. The molecule has 5 aromatic rings. The lowest BCUT2D eigenvalue weighted by atomic mass is 9.98. The Bertz CT molecular complexity index is 1880. The van der Waals surface area contributed by atoms with E-state index >= 15 is 0 Å². The van der Waals surface area contributed by atoms with E-state index in [9.17, 15) is 19.8 Å². The van der Waals surface area contributed by atoms with Crippen LogP contribution in [0.1, 0.15) is 24.0 Å². The van der Waals surface area contributed by atoms with Gasteiger partial charge in [0, 0.05) is 66.9 Å². The number of nitrogens with zero attached hydrogens (tertiary/aromatic N) is 4. The molecule has 2 aromatic carbocycles. The first-order valence-electron chi connectivity index (χ1n) is 13.8. The minimum absolute atomic E-state index is 0.00614. The molecular formula is C31H30N4O6S2. The number of aliphatic hydroxyl groups excluding tert-OH is 2. The van der Waals surface area contributed by atoms with Gasteiger partial charge in [0.15, 0.2) is 11.5 Å². The van der Waals surface area contributed by atoms with Crippen molar-refractivity contribution < 1.29 is 24.5 Å². The molecule has 0 saturated heterocycles. The minimum atomic E-state index is -0.307. The van der Waals surface area contributed by atoms with E-state index < -0.39 is 0 Å². The molecule has 6 rings (SSSR count). The Balaban J connectivity index is 1.29. The third kappa shape index (κ3) is 5.87. The quantitative estimate of drug-likeness (QED) is 0.124. The average molecular weight is 619 g/mol. The van der Waals surface area contributed by atoms with E-state index in [1.165, 1.54) is 0 Å². The molecule has 10 nitrogen and oxygen atoms in total. The molecule has 1 aliphatic heterocycles. The van der Waals surface area contributed by atoms with Gasteiger partial charge < -0.3 is 29.2 Å². The second-order valence-corrected chi connectivity index (χ2v) is 12.6. The molecule has 43 heavy (non-hydrogen) atoms. The number of hydrogen-bond donors (Lipinski definition) is 2. The molecule has 0 spiro atoms. The van der Waals surface area contributed by atoms with E-state index in [1.54, 1.807) is 68.7 Å². The second kappa shape index (κ2) is 12.8. The zero-order chi connectivity index (χ0) is 29.9. The summed E-state index contributed by atoms with van der Waals surface area (Å²) < 4.78 is 12.8. The maximum absolute atomic E-state index is 14.1. The second-order valence-electron chi connectivity index (χ2n) is 10.2. The summed E-state index contributed by atoms with van der Waals surface area (Å²) in [4.78, 5) is 37.6. The summed E-state index contributed by atoms with van der Waals surface area (Å²) in [6.07, 6.45) is 4.61. The van der Waals surface area contributed by atoms with Gasteiger partial charge in [-0.3, -0.25) is 14.6 Å². The van der Waals surface area contributed by atoms with Crippen molar-refractivity contribution >= 4 is 60.1 Å². The topological polar surface area (TPSA) is 127 Å². The zero-order valence-corrected chi connectivity index (χ0v) is 25.1. The molecule has 0 bridgehead atoms. The van der Waals surface area contributed by atoms with Crippen LogP contribution >= 0.6 is 21.6 Å².